The van der Waals surface area contributed by atoms with Gasteiger partial charge in [-0.25, -0.2) is 9.59 Å². The Hall–Kier alpha value is -3.81. The summed E-state index contributed by atoms with van der Waals surface area (Å²) in [5, 5.41) is 4.99. The van der Waals surface area contributed by atoms with Gasteiger partial charge in [-0.15, -0.1) is 0 Å². The molecule has 0 aromatic heterocycles. The van der Waals surface area contributed by atoms with E-state index in [2.05, 4.69) is 10.6 Å². The number of ether oxygens (including phenoxy) is 4. The Labute approximate surface area is 190 Å². The van der Waals surface area contributed by atoms with Crippen LogP contribution in [0.3, 0.4) is 0 Å². The van der Waals surface area contributed by atoms with Crippen molar-refractivity contribution in [3.63, 3.8) is 0 Å². The first-order valence-electron chi connectivity index (χ1n) is 10.5. The van der Waals surface area contributed by atoms with Crippen LogP contribution in [-0.2, 0) is 30.2 Å². The van der Waals surface area contributed by atoms with Gasteiger partial charge >= 0.3 is 12.1 Å². The molecule has 2 amide bonds. The number of nitrogens with one attached hydrogen (secondary N) is 2. The van der Waals surface area contributed by atoms with Crippen molar-refractivity contribution in [3.8, 4) is 5.75 Å². The molecular formula is C23H35FmN2O7-. The molecule has 10 heteroatoms. The Morgan fingerprint density at radius 1 is 0.939 bits per heavy atom. The van der Waals surface area contributed by atoms with E-state index in [9.17, 15) is 14.4 Å². The van der Waals surface area contributed by atoms with Crippen LogP contribution in [0.1, 0.15) is 47.1 Å². The molecule has 0 aliphatic heterocycles. The molecule has 0 aliphatic rings. The van der Waals surface area contributed by atoms with Gasteiger partial charge in [-0.3, -0.25) is 0 Å². The number of rotatable bonds is 12. The van der Waals surface area contributed by atoms with Crippen LogP contribution >= 0.6 is 0 Å². The second kappa shape index (κ2) is 13.6. The van der Waals surface area contributed by atoms with Crippen LogP contribution in [0.4, 0.5) is 4.79 Å². The van der Waals surface area contributed by atoms with Gasteiger partial charge in [0.2, 0.25) is 0 Å². The molecule has 0 fully saturated rings. The minimum Gasteiger partial charge on any atom is -0.528 e. The molecule has 1 aromatic carbocycles. The Morgan fingerprint density at radius 2 is 1.55 bits per heavy atom. The van der Waals surface area contributed by atoms with Crippen LogP contribution in [0.25, 0.3) is 0 Å². The normalized spacial score (nSPS) is 12.1. The summed E-state index contributed by atoms with van der Waals surface area (Å²) in [4.78, 5) is 34.9. The maximum atomic E-state index is 12.6. The zero-order valence-corrected chi connectivity index (χ0v) is 22.5. The van der Waals surface area contributed by atoms with Crippen molar-refractivity contribution in [2.75, 3.05) is 26.4 Å². The molecule has 192 valence electrons. The fourth-order valence-electron chi connectivity index (χ4n) is 2.47. The molecule has 0 spiro atoms. The van der Waals surface area contributed by atoms with Crippen molar-refractivity contribution in [1.29, 1.82) is 0 Å². The average Bonchev–Trinajstić information content (AvgIpc) is 2.65. The van der Waals surface area contributed by atoms with Gasteiger partial charge in [0.15, 0.2) is 0 Å². The second-order valence-electron chi connectivity index (χ2n) is 9.07. The van der Waals surface area contributed by atoms with Gasteiger partial charge < -0.3 is 34.4 Å². The first-order valence-corrected chi connectivity index (χ1v) is 10.5. The molecule has 0 radical (unpaired) electrons. The first-order chi connectivity index (χ1) is 14.9. The fraction of sp³-hybridized carbons (Fsp3) is 0.609. The maximum absolute atomic E-state index is 12.6. The number of esters is 1. The van der Waals surface area contributed by atoms with E-state index in [1.165, 1.54) is 0 Å². The zero-order chi connectivity index (χ0) is 24.2. The SMILES string of the molecule is CC(C)(C)OC(=O)NC(Cc1ccc(OCCOCCN[C-]=O)cc1)C(=O)OC(C)(C)C.[Fm]. The molecule has 33 heavy (non-hydrogen) atoms. The molecular weight excluding hydrogens is 673 g/mol. The van der Waals surface area contributed by atoms with Crippen LogP contribution in [-0.4, -0.2) is 62.1 Å². The van der Waals surface area contributed by atoms with Crippen LogP contribution in [0, 0.1) is 0 Å². The number of carbonyl (C=O) groups excluding carboxylic acids is 3. The van der Waals surface area contributed by atoms with E-state index in [1.807, 2.05) is 12.1 Å². The van der Waals surface area contributed by atoms with Gasteiger partial charge in [0.05, 0.1) is 13.2 Å². The minimum atomic E-state index is -0.901. The van der Waals surface area contributed by atoms with Gasteiger partial charge in [-0.1, -0.05) is 12.1 Å². The zero-order valence-electron chi connectivity index (χ0n) is 20.1. The molecule has 0 heterocycles. The van der Waals surface area contributed by atoms with Crippen molar-refractivity contribution in [1.82, 2.24) is 10.6 Å². The van der Waals surface area contributed by atoms with Gasteiger partial charge in [-0.2, -0.15) is 6.41 Å². The maximum Gasteiger partial charge on any atom is 0.408 e. The molecule has 0 aliphatic carbocycles. The predicted octanol–water partition coefficient (Wildman–Crippen LogP) is 2.52. The monoisotopic (exact) mass is 708 g/mol. The van der Waals surface area contributed by atoms with E-state index in [0.717, 1.165) is 5.56 Å². The van der Waals surface area contributed by atoms with Gasteiger partial charge in [0.1, 0.15) is 29.6 Å². The summed E-state index contributed by atoms with van der Waals surface area (Å²) < 4.78 is 21.6. The van der Waals surface area contributed by atoms with E-state index in [1.54, 1.807) is 60.1 Å². The van der Waals surface area contributed by atoms with Gasteiger partial charge in [0, 0.05) is 13.0 Å². The number of hydrogen-bond acceptors (Lipinski definition) is 7. The van der Waals surface area contributed by atoms with E-state index in [0.29, 0.717) is 32.1 Å². The smallest absolute Gasteiger partial charge is 0.408 e. The van der Waals surface area contributed by atoms with Crippen LogP contribution in [0.5, 0.6) is 5.75 Å². The molecule has 1 aromatic rings. The number of carbonyl (C=O) groups is 2. The van der Waals surface area contributed by atoms with E-state index < -0.39 is 29.3 Å². The van der Waals surface area contributed by atoms with Crippen molar-refractivity contribution < 1.29 is 33.3 Å². The number of amides is 2. The average molecular weight is 709 g/mol. The molecule has 1 rings (SSSR count). The topological polar surface area (TPSA) is 112 Å². The van der Waals surface area contributed by atoms with Crippen LogP contribution in [0.2, 0.25) is 0 Å². The van der Waals surface area contributed by atoms with Crippen molar-refractivity contribution in [2.45, 2.75) is 65.2 Å². The molecule has 0 bridgehead atoms. The Bertz CT molecular complexity index is 728. The molecule has 2 N–H and O–H groups in total. The van der Waals surface area contributed by atoms with Gasteiger partial charge in [-0.05, 0) is 59.2 Å². The molecule has 9 nitrogen and oxygen atoms in total. The number of benzene rings is 1. The van der Waals surface area contributed by atoms with Crippen molar-refractivity contribution in [3.05, 3.63) is 29.8 Å². The fourth-order valence-corrected chi connectivity index (χ4v) is 2.47. The largest absolute Gasteiger partial charge is 0.528 e. The standard InChI is InChI=1S/C23H35N2O7.Fm/c1-22(2,3)31-20(27)19(25-21(28)32-23(4,5)6)15-17-7-9-18(10-8-17)30-14-13-29-12-11-24-16-26;/h7-10,19H,11-15H2,1-6H3,(H,24,26)(H,25,28);/q-1;. The van der Waals surface area contributed by atoms with Crippen molar-refractivity contribution >= 4 is 18.5 Å². The Kier molecular flexibility index (Phi) is 12.0. The first kappa shape index (κ1) is 29.2. The summed E-state index contributed by atoms with van der Waals surface area (Å²) in [7, 11) is 0. The second-order valence-corrected chi connectivity index (χ2v) is 9.07. The van der Waals surface area contributed by atoms with Crippen LogP contribution < -0.4 is 15.4 Å². The third-order valence-electron chi connectivity index (χ3n) is 3.69. The molecule has 0 saturated heterocycles. The Morgan fingerprint density at radius 3 is 2.09 bits per heavy atom. The summed E-state index contributed by atoms with van der Waals surface area (Å²) in [6.45, 7) is 12.1. The van der Waals surface area contributed by atoms with E-state index >= 15 is 0 Å². The van der Waals surface area contributed by atoms with Crippen LogP contribution in [0.15, 0.2) is 24.3 Å². The third-order valence-corrected chi connectivity index (χ3v) is 3.69. The molecule has 1 unspecified atom stereocenters. The number of hydrogen-bond donors (Lipinski definition) is 2. The number of alkyl carbamates (subject to hydrolysis) is 1. The summed E-state index contributed by atoms with van der Waals surface area (Å²) in [6, 6.07) is 6.28. The summed E-state index contributed by atoms with van der Waals surface area (Å²) >= 11 is 0. The minimum absolute atomic E-state index is 0. The molecule has 1 atom stereocenters. The van der Waals surface area contributed by atoms with E-state index in [4.69, 9.17) is 18.9 Å². The Balaban J connectivity index is 0.0000102. The molecule has 0 saturated carbocycles. The quantitative estimate of drug-likeness (QED) is 0.149. The predicted molar refractivity (Wildman–Crippen MR) is 119 cm³/mol. The summed E-state index contributed by atoms with van der Waals surface area (Å²) in [5.74, 6) is 0.105. The van der Waals surface area contributed by atoms with E-state index in [-0.39, 0.29) is 6.42 Å². The van der Waals surface area contributed by atoms with Gasteiger partial charge in [0.25, 0.3) is 0 Å². The third kappa shape index (κ3) is 14.0. The van der Waals surface area contributed by atoms with Crippen molar-refractivity contribution in [2.24, 2.45) is 0 Å². The summed E-state index contributed by atoms with van der Waals surface area (Å²) in [5.41, 5.74) is -0.558. The summed E-state index contributed by atoms with van der Waals surface area (Å²) in [6.07, 6.45) is 1.12.